The van der Waals surface area contributed by atoms with Crippen molar-refractivity contribution in [2.45, 2.75) is 39.8 Å². The van der Waals surface area contributed by atoms with Crippen molar-refractivity contribution in [1.82, 2.24) is 14.9 Å². The molecule has 102 valence electrons. The maximum atomic E-state index is 11.5. The second-order valence-electron chi connectivity index (χ2n) is 4.46. The maximum Gasteiger partial charge on any atom is 0.251 e. The number of aromatic amines is 1. The minimum absolute atomic E-state index is 0.0548. The van der Waals surface area contributed by atoms with E-state index in [1.807, 2.05) is 18.7 Å². The van der Waals surface area contributed by atoms with Crippen molar-refractivity contribution >= 4 is 11.8 Å². The number of thioether (sulfide) groups is 1. The van der Waals surface area contributed by atoms with Gasteiger partial charge >= 0.3 is 0 Å². The summed E-state index contributed by atoms with van der Waals surface area (Å²) in [5, 5.41) is 0. The lowest BCUT2D eigenvalue weighted by Gasteiger charge is -2.23. The summed E-state index contributed by atoms with van der Waals surface area (Å²) >= 11 is 1.93. The number of nitrogens with one attached hydrogen (secondary N) is 1. The van der Waals surface area contributed by atoms with E-state index in [0.717, 1.165) is 29.4 Å². The quantitative estimate of drug-likeness (QED) is 0.821. The van der Waals surface area contributed by atoms with Gasteiger partial charge in [-0.3, -0.25) is 9.69 Å². The topological polar surface area (TPSA) is 49.0 Å². The number of hydrogen-bond donors (Lipinski definition) is 1. The molecule has 4 nitrogen and oxygen atoms in total. The lowest BCUT2D eigenvalue weighted by atomic mass is 10.3. The Bertz CT molecular complexity index is 419. The lowest BCUT2D eigenvalue weighted by molar-refractivity contribution is 0.262. The molecular formula is C13H23N3OS. The molecule has 0 aliphatic rings. The molecule has 0 saturated carbocycles. The molecule has 0 spiro atoms. The van der Waals surface area contributed by atoms with E-state index in [-0.39, 0.29) is 5.56 Å². The number of H-pyrrole nitrogens is 1. The van der Waals surface area contributed by atoms with Gasteiger partial charge in [0.15, 0.2) is 0 Å². The Morgan fingerprint density at radius 2 is 2.22 bits per heavy atom. The van der Waals surface area contributed by atoms with Crippen molar-refractivity contribution in [3.63, 3.8) is 0 Å². The maximum absolute atomic E-state index is 11.5. The van der Waals surface area contributed by atoms with E-state index in [0.29, 0.717) is 12.6 Å². The number of aryl methyl sites for hydroxylation is 1. The molecule has 0 aromatic carbocycles. The van der Waals surface area contributed by atoms with Crippen molar-refractivity contribution in [3.05, 3.63) is 27.9 Å². The molecule has 0 amide bonds. The van der Waals surface area contributed by atoms with Crippen LogP contribution in [0.1, 0.15) is 32.3 Å². The molecule has 1 rings (SSSR count). The van der Waals surface area contributed by atoms with Crippen molar-refractivity contribution < 1.29 is 0 Å². The van der Waals surface area contributed by atoms with E-state index in [9.17, 15) is 4.79 Å². The first-order valence-corrected chi connectivity index (χ1v) is 7.59. The summed E-state index contributed by atoms with van der Waals surface area (Å²) in [6, 6.07) is 2.05. The van der Waals surface area contributed by atoms with Crippen LogP contribution in [0.5, 0.6) is 0 Å². The zero-order valence-corrected chi connectivity index (χ0v) is 12.5. The Balaban J connectivity index is 2.66. The molecule has 1 aromatic rings. The molecule has 0 fully saturated rings. The van der Waals surface area contributed by atoms with Crippen LogP contribution in [-0.4, -0.2) is 39.5 Å². The Morgan fingerprint density at radius 1 is 1.50 bits per heavy atom. The predicted octanol–water partition coefficient (Wildman–Crippen LogP) is 1.91. The van der Waals surface area contributed by atoms with Crippen molar-refractivity contribution in [2.75, 3.05) is 18.6 Å². The Labute approximate surface area is 113 Å². The van der Waals surface area contributed by atoms with Crippen LogP contribution in [0, 0.1) is 0 Å². The first-order valence-electron chi connectivity index (χ1n) is 6.43. The van der Waals surface area contributed by atoms with Crippen molar-refractivity contribution in [3.8, 4) is 0 Å². The van der Waals surface area contributed by atoms with Crippen LogP contribution in [0.15, 0.2) is 10.9 Å². The minimum Gasteiger partial charge on any atom is -0.309 e. The molecular weight excluding hydrogens is 246 g/mol. The molecule has 0 bridgehead atoms. The Morgan fingerprint density at radius 3 is 2.83 bits per heavy atom. The average molecular weight is 269 g/mol. The largest absolute Gasteiger partial charge is 0.309 e. The van der Waals surface area contributed by atoms with Gasteiger partial charge in [-0.2, -0.15) is 11.8 Å². The van der Waals surface area contributed by atoms with Gasteiger partial charge in [-0.05, 0) is 26.1 Å². The average Bonchev–Trinajstić information content (AvgIpc) is 2.34. The zero-order chi connectivity index (χ0) is 13.5. The standard InChI is InChI=1S/C13H23N3OS/c1-5-11-7-13(17)15-12(14-11)8-16(4)10(3)9-18-6-2/h7,10H,5-6,8-9H2,1-4H3,(H,14,15,17)/t10-/m1/s1. The highest BCUT2D eigenvalue weighted by molar-refractivity contribution is 7.99. The summed E-state index contributed by atoms with van der Waals surface area (Å²) in [7, 11) is 2.07. The van der Waals surface area contributed by atoms with Gasteiger partial charge in [0.2, 0.25) is 0 Å². The van der Waals surface area contributed by atoms with Crippen molar-refractivity contribution in [1.29, 1.82) is 0 Å². The predicted molar refractivity (Wildman–Crippen MR) is 78.2 cm³/mol. The molecule has 0 aliphatic carbocycles. The number of aromatic nitrogens is 2. The van der Waals surface area contributed by atoms with Gasteiger partial charge in [-0.25, -0.2) is 4.98 Å². The molecule has 1 heterocycles. The van der Waals surface area contributed by atoms with Crippen LogP contribution >= 0.6 is 11.8 Å². The molecule has 1 N–H and O–H groups in total. The van der Waals surface area contributed by atoms with Crippen LogP contribution in [0.2, 0.25) is 0 Å². The Kier molecular flexibility index (Phi) is 6.43. The molecule has 5 heteroatoms. The smallest absolute Gasteiger partial charge is 0.251 e. The minimum atomic E-state index is -0.0548. The summed E-state index contributed by atoms with van der Waals surface area (Å²) in [5.74, 6) is 3.00. The van der Waals surface area contributed by atoms with E-state index in [1.54, 1.807) is 6.07 Å². The second-order valence-corrected chi connectivity index (χ2v) is 5.78. The van der Waals surface area contributed by atoms with Gasteiger partial charge < -0.3 is 4.98 Å². The van der Waals surface area contributed by atoms with Crippen LogP contribution in [0.25, 0.3) is 0 Å². The highest BCUT2D eigenvalue weighted by Gasteiger charge is 2.11. The fourth-order valence-corrected chi connectivity index (χ4v) is 2.46. The third-order valence-electron chi connectivity index (χ3n) is 2.92. The van der Waals surface area contributed by atoms with E-state index < -0.39 is 0 Å². The summed E-state index contributed by atoms with van der Waals surface area (Å²) in [5.41, 5.74) is 0.804. The number of hydrogen-bond acceptors (Lipinski definition) is 4. The second kappa shape index (κ2) is 7.59. The lowest BCUT2D eigenvalue weighted by Crippen LogP contribution is -2.32. The van der Waals surface area contributed by atoms with E-state index >= 15 is 0 Å². The summed E-state index contributed by atoms with van der Waals surface area (Å²) in [6.07, 6.45) is 0.794. The van der Waals surface area contributed by atoms with Crippen LogP contribution in [0.4, 0.5) is 0 Å². The first-order chi connectivity index (χ1) is 8.56. The Hall–Kier alpha value is -0.810. The monoisotopic (exact) mass is 269 g/mol. The van der Waals surface area contributed by atoms with Crippen LogP contribution in [-0.2, 0) is 13.0 Å². The molecule has 0 aliphatic heterocycles. The molecule has 1 atom stereocenters. The van der Waals surface area contributed by atoms with Gasteiger partial charge in [0.05, 0.1) is 6.54 Å². The van der Waals surface area contributed by atoms with Crippen LogP contribution < -0.4 is 5.56 Å². The van der Waals surface area contributed by atoms with Gasteiger partial charge in [0, 0.05) is 23.6 Å². The summed E-state index contributed by atoms with van der Waals surface area (Å²) in [4.78, 5) is 21.0. The summed E-state index contributed by atoms with van der Waals surface area (Å²) < 4.78 is 0. The fourth-order valence-electron chi connectivity index (χ4n) is 1.63. The summed E-state index contributed by atoms with van der Waals surface area (Å²) in [6.45, 7) is 7.07. The third-order valence-corrected chi connectivity index (χ3v) is 4.05. The molecule has 1 aromatic heterocycles. The van der Waals surface area contributed by atoms with E-state index in [4.69, 9.17) is 0 Å². The number of nitrogens with zero attached hydrogens (tertiary/aromatic N) is 2. The normalized spacial score (nSPS) is 12.9. The van der Waals surface area contributed by atoms with Crippen molar-refractivity contribution in [2.24, 2.45) is 0 Å². The SMILES string of the molecule is CCSC[C@@H](C)N(C)Cc1nc(CC)cc(=O)[nH]1. The molecule has 0 radical (unpaired) electrons. The highest BCUT2D eigenvalue weighted by atomic mass is 32.2. The van der Waals surface area contributed by atoms with Gasteiger partial charge in [0.25, 0.3) is 5.56 Å². The highest BCUT2D eigenvalue weighted by Crippen LogP contribution is 2.08. The molecule has 0 unspecified atom stereocenters. The van der Waals surface area contributed by atoms with E-state index in [1.165, 1.54) is 0 Å². The fraction of sp³-hybridized carbons (Fsp3) is 0.692. The van der Waals surface area contributed by atoms with Crippen LogP contribution in [0.3, 0.4) is 0 Å². The third kappa shape index (κ3) is 4.82. The van der Waals surface area contributed by atoms with E-state index in [2.05, 4.69) is 35.8 Å². The zero-order valence-electron chi connectivity index (χ0n) is 11.7. The number of rotatable bonds is 7. The van der Waals surface area contributed by atoms with Gasteiger partial charge in [-0.1, -0.05) is 13.8 Å². The van der Waals surface area contributed by atoms with Gasteiger partial charge in [0.1, 0.15) is 5.82 Å². The molecule has 0 saturated heterocycles. The van der Waals surface area contributed by atoms with Gasteiger partial charge in [-0.15, -0.1) is 0 Å². The first kappa shape index (κ1) is 15.2. The molecule has 18 heavy (non-hydrogen) atoms.